The normalized spacial score (nSPS) is 16.1. The SMILES string of the molecule is O=C1ON=C(c2ccccc2)/C1=C/c1cccc(Br)c1. The average molecular weight is 328 g/mol. The summed E-state index contributed by atoms with van der Waals surface area (Å²) in [6, 6.07) is 17.2. The van der Waals surface area contributed by atoms with E-state index < -0.39 is 5.97 Å². The van der Waals surface area contributed by atoms with Crippen molar-refractivity contribution in [2.24, 2.45) is 5.16 Å². The topological polar surface area (TPSA) is 38.7 Å². The van der Waals surface area contributed by atoms with Crippen molar-refractivity contribution in [2.75, 3.05) is 0 Å². The Balaban J connectivity index is 2.03. The molecule has 0 atom stereocenters. The van der Waals surface area contributed by atoms with Crippen LogP contribution in [-0.2, 0) is 9.63 Å². The van der Waals surface area contributed by atoms with E-state index in [0.29, 0.717) is 11.3 Å². The van der Waals surface area contributed by atoms with Crippen LogP contribution in [0.5, 0.6) is 0 Å². The number of halogens is 1. The minimum atomic E-state index is -0.427. The molecule has 0 amide bonds. The molecule has 3 nitrogen and oxygen atoms in total. The van der Waals surface area contributed by atoms with E-state index in [1.54, 1.807) is 6.08 Å². The summed E-state index contributed by atoms with van der Waals surface area (Å²) in [4.78, 5) is 16.6. The standard InChI is InChI=1S/C16H10BrNO2/c17-13-8-4-5-11(9-13)10-14-15(18-20-16(14)19)12-6-2-1-3-7-12/h1-10H/b14-10-. The first-order valence-electron chi connectivity index (χ1n) is 6.06. The lowest BCUT2D eigenvalue weighted by molar-refractivity contribution is -0.136. The molecule has 0 N–H and O–H groups in total. The molecule has 0 aliphatic carbocycles. The molecule has 0 fully saturated rings. The molecule has 0 unspecified atom stereocenters. The Kier molecular flexibility index (Phi) is 3.48. The van der Waals surface area contributed by atoms with Crippen LogP contribution < -0.4 is 0 Å². The predicted molar refractivity (Wildman–Crippen MR) is 81.2 cm³/mol. The first-order valence-corrected chi connectivity index (χ1v) is 6.86. The molecule has 0 radical (unpaired) electrons. The predicted octanol–water partition coefficient (Wildman–Crippen LogP) is 3.79. The van der Waals surface area contributed by atoms with Crippen LogP contribution >= 0.6 is 15.9 Å². The van der Waals surface area contributed by atoms with Gasteiger partial charge in [0.2, 0.25) is 0 Å². The molecule has 1 heterocycles. The molecule has 2 aromatic rings. The Labute approximate surface area is 124 Å². The molecule has 20 heavy (non-hydrogen) atoms. The largest absolute Gasteiger partial charge is 0.368 e. The maximum Gasteiger partial charge on any atom is 0.368 e. The Morgan fingerprint density at radius 1 is 1.05 bits per heavy atom. The van der Waals surface area contributed by atoms with Crippen molar-refractivity contribution in [2.45, 2.75) is 0 Å². The summed E-state index contributed by atoms with van der Waals surface area (Å²) in [5, 5.41) is 3.87. The third kappa shape index (κ3) is 2.56. The summed E-state index contributed by atoms with van der Waals surface area (Å²) < 4.78 is 0.955. The van der Waals surface area contributed by atoms with Gasteiger partial charge in [-0.2, -0.15) is 0 Å². The maximum absolute atomic E-state index is 11.8. The van der Waals surface area contributed by atoms with Crippen molar-refractivity contribution < 1.29 is 9.63 Å². The van der Waals surface area contributed by atoms with Gasteiger partial charge in [-0.05, 0) is 23.8 Å². The number of hydrogen-bond donors (Lipinski definition) is 0. The number of benzene rings is 2. The lowest BCUT2D eigenvalue weighted by Gasteiger charge is -2.00. The van der Waals surface area contributed by atoms with Gasteiger partial charge in [-0.1, -0.05) is 63.6 Å². The van der Waals surface area contributed by atoms with Gasteiger partial charge >= 0.3 is 5.97 Å². The summed E-state index contributed by atoms with van der Waals surface area (Å²) in [7, 11) is 0. The van der Waals surface area contributed by atoms with Gasteiger partial charge in [0, 0.05) is 10.0 Å². The highest BCUT2D eigenvalue weighted by Crippen LogP contribution is 2.22. The number of carbonyl (C=O) groups is 1. The zero-order valence-electron chi connectivity index (χ0n) is 10.4. The Morgan fingerprint density at radius 2 is 1.85 bits per heavy atom. The zero-order valence-corrected chi connectivity index (χ0v) is 12.0. The molecule has 98 valence electrons. The smallest absolute Gasteiger partial charge is 0.312 e. The van der Waals surface area contributed by atoms with Crippen molar-refractivity contribution in [1.29, 1.82) is 0 Å². The van der Waals surface area contributed by atoms with E-state index in [9.17, 15) is 4.79 Å². The highest BCUT2D eigenvalue weighted by molar-refractivity contribution is 9.10. The number of hydrogen-bond acceptors (Lipinski definition) is 3. The van der Waals surface area contributed by atoms with Crippen LogP contribution in [0.4, 0.5) is 0 Å². The number of carbonyl (C=O) groups excluding carboxylic acids is 1. The number of nitrogens with zero attached hydrogens (tertiary/aromatic N) is 1. The van der Waals surface area contributed by atoms with Crippen LogP contribution in [-0.4, -0.2) is 11.7 Å². The molecule has 3 rings (SSSR count). The van der Waals surface area contributed by atoms with E-state index in [4.69, 9.17) is 4.84 Å². The van der Waals surface area contributed by atoms with Crippen molar-refractivity contribution in [3.63, 3.8) is 0 Å². The van der Waals surface area contributed by atoms with Crippen LogP contribution in [0.15, 0.2) is 69.8 Å². The third-order valence-corrected chi connectivity index (χ3v) is 3.40. The molecular formula is C16H10BrNO2. The zero-order chi connectivity index (χ0) is 13.9. The van der Waals surface area contributed by atoms with E-state index in [-0.39, 0.29) is 0 Å². The van der Waals surface area contributed by atoms with Gasteiger partial charge in [0.25, 0.3) is 0 Å². The first-order chi connectivity index (χ1) is 9.74. The van der Waals surface area contributed by atoms with Gasteiger partial charge in [0.15, 0.2) is 0 Å². The molecule has 2 aromatic carbocycles. The second-order valence-electron chi connectivity index (χ2n) is 4.30. The van der Waals surface area contributed by atoms with Gasteiger partial charge in [-0.25, -0.2) is 4.79 Å². The van der Waals surface area contributed by atoms with Crippen molar-refractivity contribution in [3.8, 4) is 0 Å². The fourth-order valence-corrected chi connectivity index (χ4v) is 2.39. The molecule has 0 bridgehead atoms. The van der Waals surface area contributed by atoms with E-state index in [1.165, 1.54) is 0 Å². The van der Waals surface area contributed by atoms with Gasteiger partial charge in [-0.15, -0.1) is 0 Å². The maximum atomic E-state index is 11.8. The monoisotopic (exact) mass is 327 g/mol. The second-order valence-corrected chi connectivity index (χ2v) is 5.21. The molecular weight excluding hydrogens is 318 g/mol. The minimum absolute atomic E-state index is 0.427. The molecule has 0 spiro atoms. The van der Waals surface area contributed by atoms with Gasteiger partial charge in [-0.3, -0.25) is 0 Å². The second kappa shape index (κ2) is 5.43. The first kappa shape index (κ1) is 12.8. The lowest BCUT2D eigenvalue weighted by Crippen LogP contribution is -2.06. The minimum Gasteiger partial charge on any atom is -0.312 e. The Bertz CT molecular complexity index is 720. The summed E-state index contributed by atoms with van der Waals surface area (Å²) in [5.41, 5.74) is 2.81. The van der Waals surface area contributed by atoms with E-state index >= 15 is 0 Å². The quantitative estimate of drug-likeness (QED) is 0.621. The molecule has 0 saturated heterocycles. The molecule has 1 aliphatic rings. The van der Waals surface area contributed by atoms with Crippen molar-refractivity contribution in [3.05, 3.63) is 75.8 Å². The van der Waals surface area contributed by atoms with Crippen molar-refractivity contribution in [1.82, 2.24) is 0 Å². The third-order valence-electron chi connectivity index (χ3n) is 2.90. The highest BCUT2D eigenvalue weighted by Gasteiger charge is 2.26. The fourth-order valence-electron chi connectivity index (χ4n) is 1.98. The number of rotatable bonds is 2. The highest BCUT2D eigenvalue weighted by atomic mass is 79.9. The van der Waals surface area contributed by atoms with E-state index in [2.05, 4.69) is 21.1 Å². The van der Waals surface area contributed by atoms with Crippen molar-refractivity contribution >= 4 is 33.7 Å². The summed E-state index contributed by atoms with van der Waals surface area (Å²) >= 11 is 3.41. The Morgan fingerprint density at radius 3 is 2.60 bits per heavy atom. The van der Waals surface area contributed by atoms with Crippen LogP contribution in [0.2, 0.25) is 0 Å². The van der Waals surface area contributed by atoms with Gasteiger partial charge in [0.05, 0.1) is 5.57 Å². The van der Waals surface area contributed by atoms with Gasteiger partial charge in [0.1, 0.15) is 5.71 Å². The van der Waals surface area contributed by atoms with Crippen LogP contribution in [0, 0.1) is 0 Å². The lowest BCUT2D eigenvalue weighted by atomic mass is 10.0. The molecule has 0 saturated carbocycles. The molecule has 1 aliphatic heterocycles. The van der Waals surface area contributed by atoms with E-state index in [0.717, 1.165) is 15.6 Å². The number of oxime groups is 1. The average Bonchev–Trinajstić information content (AvgIpc) is 2.81. The van der Waals surface area contributed by atoms with Crippen LogP contribution in [0.3, 0.4) is 0 Å². The van der Waals surface area contributed by atoms with Crippen LogP contribution in [0.1, 0.15) is 11.1 Å². The molecule has 4 heteroatoms. The fraction of sp³-hybridized carbons (Fsp3) is 0. The Hall–Kier alpha value is -2.20. The van der Waals surface area contributed by atoms with Crippen LogP contribution in [0.25, 0.3) is 6.08 Å². The molecule has 0 aromatic heterocycles. The van der Waals surface area contributed by atoms with E-state index in [1.807, 2.05) is 54.6 Å². The summed E-state index contributed by atoms with van der Waals surface area (Å²) in [6.45, 7) is 0. The summed E-state index contributed by atoms with van der Waals surface area (Å²) in [5.74, 6) is -0.427. The summed E-state index contributed by atoms with van der Waals surface area (Å²) in [6.07, 6.45) is 1.78. The van der Waals surface area contributed by atoms with Gasteiger partial charge < -0.3 is 4.84 Å².